The molecule has 0 atom stereocenters. The van der Waals surface area contributed by atoms with Crippen LogP contribution in [0, 0.1) is 11.8 Å². The van der Waals surface area contributed by atoms with Crippen LogP contribution in [0.1, 0.15) is 90.4 Å². The standard InChI is InChI=1S/C62H76N4O17/c67-54(20-23-58(69)65-47-52-9-2-1-7-48(52)12-13-49-8-3-4-11-56(49)65)10-5-30-74-35-39-78-43-44-79-40-36-75-32-26-57(68)64-28-6-31-82-55-21-16-51(17-22-55)62(73)50-14-18-53(19-15-50)63-29-34-77-38-42-81-46-45-80-41-37-76-33-27-61(72)83-66-59(70)24-25-60(66)71/h1-4,7-9,11,14-19,21-22,63H,5-6,10,20,23-47H2,(H,64,68). The minimum atomic E-state index is -0.715. The molecule has 2 aliphatic rings. The number of fused-ring (bicyclic) bond motifs is 2. The summed E-state index contributed by atoms with van der Waals surface area (Å²) in [6, 6.07) is 29.6. The molecule has 0 saturated carbocycles. The minimum Gasteiger partial charge on any atom is -0.494 e. The zero-order chi connectivity index (χ0) is 58.5. The molecule has 4 aromatic rings. The number of nitrogens with one attached hydrogen (secondary N) is 2. The first kappa shape index (κ1) is 64.8. The summed E-state index contributed by atoms with van der Waals surface area (Å²) in [7, 11) is 0. The number of amides is 4. The quantitative estimate of drug-likeness (QED) is 0.0230. The number of hydrogen-bond donors (Lipinski definition) is 2. The highest BCUT2D eigenvalue weighted by atomic mass is 16.7. The van der Waals surface area contributed by atoms with Gasteiger partial charge in [0.1, 0.15) is 11.5 Å². The van der Waals surface area contributed by atoms with E-state index < -0.39 is 17.8 Å². The van der Waals surface area contributed by atoms with E-state index in [4.69, 9.17) is 47.5 Å². The van der Waals surface area contributed by atoms with Gasteiger partial charge in [-0.2, -0.15) is 0 Å². The molecule has 0 radical (unpaired) electrons. The fourth-order valence-electron chi connectivity index (χ4n) is 8.19. The Morgan fingerprint density at radius 1 is 0.482 bits per heavy atom. The van der Waals surface area contributed by atoms with Crippen LogP contribution in [0.3, 0.4) is 0 Å². The molecule has 21 nitrogen and oxygen atoms in total. The highest BCUT2D eigenvalue weighted by Gasteiger charge is 2.32. The van der Waals surface area contributed by atoms with E-state index in [9.17, 15) is 33.6 Å². The van der Waals surface area contributed by atoms with E-state index in [2.05, 4.69) is 22.5 Å². The van der Waals surface area contributed by atoms with Crippen molar-refractivity contribution >= 4 is 52.5 Å². The molecule has 0 aromatic heterocycles. The van der Waals surface area contributed by atoms with Crippen molar-refractivity contribution in [3.63, 3.8) is 0 Å². The van der Waals surface area contributed by atoms with E-state index >= 15 is 0 Å². The highest BCUT2D eigenvalue weighted by Crippen LogP contribution is 2.26. The first-order valence-corrected chi connectivity index (χ1v) is 28.2. The fourth-order valence-corrected chi connectivity index (χ4v) is 8.19. The Bertz CT molecular complexity index is 2710. The van der Waals surface area contributed by atoms with Crippen molar-refractivity contribution in [2.45, 2.75) is 64.3 Å². The molecule has 6 rings (SSSR count). The number of rotatable bonds is 43. The Labute approximate surface area is 484 Å². The van der Waals surface area contributed by atoms with Gasteiger partial charge in [0.15, 0.2) is 5.78 Å². The van der Waals surface area contributed by atoms with Crippen molar-refractivity contribution in [2.24, 2.45) is 0 Å². The van der Waals surface area contributed by atoms with Crippen LogP contribution >= 0.6 is 0 Å². The van der Waals surface area contributed by atoms with Crippen LogP contribution in [0.25, 0.3) is 0 Å². The SMILES string of the molecule is O=C(CCCOCCOCCOCCOCCC(=O)NCCCOc1ccc(C(=O)c2ccc(NCCOCCOCCOCCOCCC(=O)ON3C(=O)CCC3=O)cc2)cc1)CCC(=O)N1Cc2ccccc2C#Cc2ccccc21. The predicted octanol–water partition coefficient (Wildman–Crippen LogP) is 5.81. The van der Waals surface area contributed by atoms with Crippen LogP contribution in [0.5, 0.6) is 5.75 Å². The molecule has 2 heterocycles. The second kappa shape index (κ2) is 38.4. The van der Waals surface area contributed by atoms with Gasteiger partial charge in [-0.3, -0.25) is 28.8 Å². The first-order chi connectivity index (χ1) is 40.6. The third kappa shape index (κ3) is 24.9. The Morgan fingerprint density at radius 3 is 1.65 bits per heavy atom. The molecule has 21 heteroatoms. The van der Waals surface area contributed by atoms with Gasteiger partial charge < -0.3 is 63.0 Å². The predicted molar refractivity (Wildman–Crippen MR) is 304 cm³/mol. The molecule has 0 unspecified atom stereocenters. The van der Waals surface area contributed by atoms with Gasteiger partial charge in [0.2, 0.25) is 11.8 Å². The molecule has 0 aliphatic carbocycles. The third-order valence-corrected chi connectivity index (χ3v) is 12.6. The van der Waals surface area contributed by atoms with Gasteiger partial charge in [-0.15, -0.1) is 5.06 Å². The van der Waals surface area contributed by atoms with E-state index in [0.717, 1.165) is 28.1 Å². The lowest BCUT2D eigenvalue weighted by Gasteiger charge is -2.26. The lowest BCUT2D eigenvalue weighted by molar-refractivity contribution is -0.198. The van der Waals surface area contributed by atoms with Crippen molar-refractivity contribution in [3.8, 4) is 17.6 Å². The number of nitrogens with zero attached hydrogens (tertiary/aromatic N) is 2. The minimum absolute atomic E-state index is 0.0256. The summed E-state index contributed by atoms with van der Waals surface area (Å²) < 4.78 is 49.9. The smallest absolute Gasteiger partial charge is 0.335 e. The molecular weight excluding hydrogens is 1070 g/mol. The van der Waals surface area contributed by atoms with Crippen molar-refractivity contribution < 1.29 is 81.0 Å². The largest absolute Gasteiger partial charge is 0.494 e. The molecule has 0 bridgehead atoms. The molecule has 1 fully saturated rings. The average Bonchev–Trinajstić information content (AvgIpc) is 4.04. The number of carbonyl (C=O) groups excluding carboxylic acids is 7. The molecule has 4 amide bonds. The molecule has 0 spiro atoms. The summed E-state index contributed by atoms with van der Waals surface area (Å²) >= 11 is 0. The van der Waals surface area contributed by atoms with E-state index in [1.165, 1.54) is 0 Å². The Hall–Kier alpha value is -7.39. The van der Waals surface area contributed by atoms with Gasteiger partial charge in [0.05, 0.1) is 124 Å². The summed E-state index contributed by atoms with van der Waals surface area (Å²) in [4.78, 5) is 92.6. The van der Waals surface area contributed by atoms with Crippen LogP contribution in [-0.2, 0) is 78.0 Å². The Balaban J connectivity index is 0.660. The van der Waals surface area contributed by atoms with Gasteiger partial charge in [-0.25, -0.2) is 4.79 Å². The van der Waals surface area contributed by atoms with Gasteiger partial charge in [0, 0.05) is 86.2 Å². The van der Waals surface area contributed by atoms with Gasteiger partial charge in [-0.1, -0.05) is 42.2 Å². The zero-order valence-electron chi connectivity index (χ0n) is 47.1. The average molecular weight is 1150 g/mol. The molecule has 2 N–H and O–H groups in total. The number of benzene rings is 4. The van der Waals surface area contributed by atoms with E-state index in [1.54, 1.807) is 41.3 Å². The topological polar surface area (TPSA) is 242 Å². The van der Waals surface area contributed by atoms with Crippen molar-refractivity contribution in [3.05, 3.63) is 125 Å². The second-order valence-electron chi connectivity index (χ2n) is 18.9. The maximum Gasteiger partial charge on any atom is 0.335 e. The summed E-state index contributed by atoms with van der Waals surface area (Å²) in [5.41, 5.74) is 5.35. The molecule has 1 saturated heterocycles. The number of para-hydroxylation sites is 1. The third-order valence-electron chi connectivity index (χ3n) is 12.6. The maximum absolute atomic E-state index is 13.4. The lowest BCUT2D eigenvalue weighted by atomic mass is 10.0. The Morgan fingerprint density at radius 2 is 1.01 bits per heavy atom. The van der Waals surface area contributed by atoms with Crippen LogP contribution in [0.15, 0.2) is 97.1 Å². The summed E-state index contributed by atoms with van der Waals surface area (Å²) in [5.74, 6) is 4.96. The summed E-state index contributed by atoms with van der Waals surface area (Å²) in [6.07, 6.45) is 2.03. The number of carbonyl (C=O) groups is 7. The van der Waals surface area contributed by atoms with Crippen LogP contribution < -0.4 is 20.3 Å². The number of anilines is 2. The van der Waals surface area contributed by atoms with Crippen LogP contribution in [0.2, 0.25) is 0 Å². The van der Waals surface area contributed by atoms with E-state index in [0.29, 0.717) is 153 Å². The van der Waals surface area contributed by atoms with Crippen molar-refractivity contribution in [2.75, 3.05) is 136 Å². The molecule has 446 valence electrons. The van der Waals surface area contributed by atoms with E-state index in [1.807, 2.05) is 60.7 Å². The fraction of sp³-hybridized carbons (Fsp3) is 0.468. The number of imide groups is 1. The van der Waals surface area contributed by atoms with Gasteiger partial charge >= 0.3 is 5.97 Å². The number of hydrogen-bond acceptors (Lipinski definition) is 18. The zero-order valence-corrected chi connectivity index (χ0v) is 47.1. The molecular formula is C62H76N4O17. The molecule has 83 heavy (non-hydrogen) atoms. The normalized spacial score (nSPS) is 12.6. The Kier molecular flexibility index (Phi) is 30.0. The lowest BCUT2D eigenvalue weighted by Crippen LogP contribution is -2.32. The summed E-state index contributed by atoms with van der Waals surface area (Å²) in [6.45, 7) is 7.47. The van der Waals surface area contributed by atoms with Crippen LogP contribution in [0.4, 0.5) is 11.4 Å². The monoisotopic (exact) mass is 1150 g/mol. The van der Waals surface area contributed by atoms with E-state index in [-0.39, 0.29) is 81.7 Å². The molecule has 2 aliphatic heterocycles. The van der Waals surface area contributed by atoms with Crippen molar-refractivity contribution in [1.29, 1.82) is 0 Å². The first-order valence-electron chi connectivity index (χ1n) is 28.2. The summed E-state index contributed by atoms with van der Waals surface area (Å²) in [5, 5.41) is 6.64. The van der Waals surface area contributed by atoms with Crippen LogP contribution in [-0.4, -0.2) is 172 Å². The number of ether oxygens (including phenoxy) is 9. The van der Waals surface area contributed by atoms with Gasteiger partial charge in [0.25, 0.3) is 11.8 Å². The molecule has 4 aromatic carbocycles. The number of hydroxylamine groups is 2. The van der Waals surface area contributed by atoms with Crippen molar-refractivity contribution in [1.82, 2.24) is 10.4 Å². The van der Waals surface area contributed by atoms with Gasteiger partial charge in [-0.05, 0) is 85.1 Å². The maximum atomic E-state index is 13.4. The highest BCUT2D eigenvalue weighted by molar-refractivity contribution is 6.09. The number of Topliss-reactive ketones (excluding diaryl/α,β-unsaturated/α-hetero) is 1. The number of ketones is 2. The second-order valence-corrected chi connectivity index (χ2v) is 18.9.